The van der Waals surface area contributed by atoms with Crippen LogP contribution in [0.15, 0.2) is 60.7 Å². The van der Waals surface area contributed by atoms with Crippen molar-refractivity contribution >= 4 is 16.7 Å². The van der Waals surface area contributed by atoms with Gasteiger partial charge in [-0.15, -0.1) is 0 Å². The lowest BCUT2D eigenvalue weighted by Gasteiger charge is -2.12. The van der Waals surface area contributed by atoms with Crippen LogP contribution in [-0.4, -0.2) is 18.2 Å². The van der Waals surface area contributed by atoms with Gasteiger partial charge in [-0.05, 0) is 12.1 Å². The monoisotopic (exact) mass is 294 g/mol. The topological polar surface area (TPSA) is 55.8 Å². The average Bonchev–Trinajstić information content (AvgIpc) is 2.58. The number of rotatable bonds is 3. The molecule has 0 saturated heterocycles. The summed E-state index contributed by atoms with van der Waals surface area (Å²) >= 11 is 0. The SMILES string of the molecule is COc1cc(OC(=O)c2ccccc2)c2ccccc2c1O. The fraction of sp³-hybridized carbons (Fsp3) is 0.0556. The minimum Gasteiger partial charge on any atom is -0.504 e. The second kappa shape index (κ2) is 5.77. The molecule has 0 saturated carbocycles. The number of ether oxygens (including phenoxy) is 2. The molecule has 0 amide bonds. The molecule has 4 heteroatoms. The molecule has 0 aromatic heterocycles. The average molecular weight is 294 g/mol. The first-order valence-electron chi connectivity index (χ1n) is 6.76. The molecule has 4 nitrogen and oxygen atoms in total. The van der Waals surface area contributed by atoms with Crippen molar-refractivity contribution in [1.82, 2.24) is 0 Å². The third kappa shape index (κ3) is 2.46. The predicted octanol–water partition coefficient (Wildman–Crippen LogP) is 3.77. The highest BCUT2D eigenvalue weighted by atomic mass is 16.5. The molecule has 0 aliphatic rings. The highest BCUT2D eigenvalue weighted by molar-refractivity contribution is 5.99. The van der Waals surface area contributed by atoms with E-state index in [0.717, 1.165) is 0 Å². The van der Waals surface area contributed by atoms with Gasteiger partial charge in [0.05, 0.1) is 12.7 Å². The number of hydrogen-bond donors (Lipinski definition) is 1. The number of methoxy groups -OCH3 is 1. The van der Waals surface area contributed by atoms with E-state index in [2.05, 4.69) is 0 Å². The summed E-state index contributed by atoms with van der Waals surface area (Å²) in [6.07, 6.45) is 0. The van der Waals surface area contributed by atoms with Crippen molar-refractivity contribution < 1.29 is 19.4 Å². The number of carbonyl (C=O) groups excluding carboxylic acids is 1. The molecule has 0 bridgehead atoms. The van der Waals surface area contributed by atoms with Crippen molar-refractivity contribution in [1.29, 1.82) is 0 Å². The van der Waals surface area contributed by atoms with E-state index in [1.165, 1.54) is 13.2 Å². The lowest BCUT2D eigenvalue weighted by molar-refractivity contribution is 0.0736. The molecule has 3 aromatic rings. The normalized spacial score (nSPS) is 10.4. The summed E-state index contributed by atoms with van der Waals surface area (Å²) in [5, 5.41) is 11.4. The van der Waals surface area contributed by atoms with Crippen molar-refractivity contribution in [2.24, 2.45) is 0 Å². The van der Waals surface area contributed by atoms with E-state index >= 15 is 0 Å². The molecule has 22 heavy (non-hydrogen) atoms. The predicted molar refractivity (Wildman–Crippen MR) is 83.6 cm³/mol. The van der Waals surface area contributed by atoms with Crippen molar-refractivity contribution in [3.63, 3.8) is 0 Å². The Labute approximate surface area is 127 Å². The Hall–Kier alpha value is -3.01. The molecule has 110 valence electrons. The van der Waals surface area contributed by atoms with Crippen LogP contribution in [0.1, 0.15) is 10.4 Å². The van der Waals surface area contributed by atoms with Gasteiger partial charge in [-0.3, -0.25) is 0 Å². The van der Waals surface area contributed by atoms with Crippen LogP contribution in [0, 0.1) is 0 Å². The molecule has 1 N–H and O–H groups in total. The maximum Gasteiger partial charge on any atom is 0.343 e. The van der Waals surface area contributed by atoms with Gasteiger partial charge in [0, 0.05) is 16.8 Å². The van der Waals surface area contributed by atoms with Crippen LogP contribution in [0.25, 0.3) is 10.8 Å². The van der Waals surface area contributed by atoms with Gasteiger partial charge in [0.1, 0.15) is 5.75 Å². The van der Waals surface area contributed by atoms with Gasteiger partial charge in [0.15, 0.2) is 11.5 Å². The summed E-state index contributed by atoms with van der Waals surface area (Å²) < 4.78 is 10.6. The lowest BCUT2D eigenvalue weighted by Crippen LogP contribution is -2.08. The summed E-state index contributed by atoms with van der Waals surface area (Å²) in [6.45, 7) is 0. The molecule has 0 radical (unpaired) electrons. The highest BCUT2D eigenvalue weighted by Gasteiger charge is 2.16. The fourth-order valence-corrected chi connectivity index (χ4v) is 2.28. The zero-order chi connectivity index (χ0) is 15.5. The summed E-state index contributed by atoms with van der Waals surface area (Å²) in [5.74, 6) is 0.171. The zero-order valence-electron chi connectivity index (χ0n) is 11.9. The maximum atomic E-state index is 12.2. The number of phenols is 1. The highest BCUT2D eigenvalue weighted by Crippen LogP contribution is 2.40. The summed E-state index contributed by atoms with van der Waals surface area (Å²) in [6, 6.07) is 17.4. The molecule has 0 aliphatic heterocycles. The second-order valence-corrected chi connectivity index (χ2v) is 4.73. The third-order valence-electron chi connectivity index (χ3n) is 3.38. The van der Waals surface area contributed by atoms with Gasteiger partial charge in [0.25, 0.3) is 0 Å². The molecular formula is C18H14O4. The molecule has 0 spiro atoms. The molecule has 0 heterocycles. The Morgan fingerprint density at radius 3 is 2.23 bits per heavy atom. The zero-order valence-corrected chi connectivity index (χ0v) is 11.9. The van der Waals surface area contributed by atoms with E-state index in [1.54, 1.807) is 42.5 Å². The first-order chi connectivity index (χ1) is 10.7. The molecule has 0 atom stereocenters. The van der Waals surface area contributed by atoms with Gasteiger partial charge in [0.2, 0.25) is 0 Å². The Kier molecular flexibility index (Phi) is 3.66. The molecule has 3 aromatic carbocycles. The quantitative estimate of drug-likeness (QED) is 0.590. The standard InChI is InChI=1S/C18H14O4/c1-21-16-11-15(13-9-5-6-10-14(13)17(16)19)22-18(20)12-7-3-2-4-8-12/h2-11,19H,1H3. The molecule has 0 aliphatic carbocycles. The number of esters is 1. The number of phenolic OH excluding ortho intramolecular Hbond substituents is 1. The third-order valence-corrected chi connectivity index (χ3v) is 3.38. The summed E-state index contributed by atoms with van der Waals surface area (Å²) in [7, 11) is 1.45. The summed E-state index contributed by atoms with van der Waals surface area (Å²) in [4.78, 5) is 12.2. The Balaban J connectivity index is 2.07. The lowest BCUT2D eigenvalue weighted by atomic mass is 10.1. The Morgan fingerprint density at radius 1 is 0.909 bits per heavy atom. The second-order valence-electron chi connectivity index (χ2n) is 4.73. The van der Waals surface area contributed by atoms with Crippen LogP contribution >= 0.6 is 0 Å². The summed E-state index contributed by atoms with van der Waals surface area (Å²) in [5.41, 5.74) is 0.457. The molecule has 3 rings (SSSR count). The van der Waals surface area contributed by atoms with E-state index in [1.807, 2.05) is 12.1 Å². The van der Waals surface area contributed by atoms with E-state index in [4.69, 9.17) is 9.47 Å². The van der Waals surface area contributed by atoms with Crippen LogP contribution in [0.3, 0.4) is 0 Å². The van der Waals surface area contributed by atoms with Crippen molar-refractivity contribution in [2.45, 2.75) is 0 Å². The van der Waals surface area contributed by atoms with E-state index < -0.39 is 5.97 Å². The van der Waals surface area contributed by atoms with E-state index in [9.17, 15) is 9.90 Å². The van der Waals surface area contributed by atoms with Crippen molar-refractivity contribution in [3.8, 4) is 17.2 Å². The van der Waals surface area contributed by atoms with Gasteiger partial charge in [-0.1, -0.05) is 42.5 Å². The number of aromatic hydroxyl groups is 1. The van der Waals surface area contributed by atoms with Gasteiger partial charge in [-0.25, -0.2) is 4.79 Å². The first kappa shape index (κ1) is 13.9. The maximum absolute atomic E-state index is 12.2. The number of fused-ring (bicyclic) bond motifs is 1. The van der Waals surface area contributed by atoms with Crippen LogP contribution in [0.2, 0.25) is 0 Å². The molecule has 0 fully saturated rings. The smallest absolute Gasteiger partial charge is 0.343 e. The fourth-order valence-electron chi connectivity index (χ4n) is 2.28. The van der Waals surface area contributed by atoms with Crippen LogP contribution in [-0.2, 0) is 0 Å². The minimum atomic E-state index is -0.460. The van der Waals surface area contributed by atoms with Gasteiger partial charge < -0.3 is 14.6 Å². The van der Waals surface area contributed by atoms with Crippen LogP contribution in [0.5, 0.6) is 17.2 Å². The van der Waals surface area contributed by atoms with E-state index in [-0.39, 0.29) is 11.5 Å². The van der Waals surface area contributed by atoms with Crippen LogP contribution < -0.4 is 9.47 Å². The molecular weight excluding hydrogens is 280 g/mol. The Bertz CT molecular complexity index is 825. The van der Waals surface area contributed by atoms with Crippen LogP contribution in [0.4, 0.5) is 0 Å². The Morgan fingerprint density at radius 2 is 1.55 bits per heavy atom. The van der Waals surface area contributed by atoms with Gasteiger partial charge >= 0.3 is 5.97 Å². The number of benzene rings is 3. The van der Waals surface area contributed by atoms with Gasteiger partial charge in [-0.2, -0.15) is 0 Å². The largest absolute Gasteiger partial charge is 0.504 e. The first-order valence-corrected chi connectivity index (χ1v) is 6.76. The van der Waals surface area contributed by atoms with E-state index in [0.29, 0.717) is 22.1 Å². The minimum absolute atomic E-state index is 0.0256. The molecule has 0 unspecified atom stereocenters. The number of carbonyl (C=O) groups is 1. The van der Waals surface area contributed by atoms with Crippen molar-refractivity contribution in [2.75, 3.05) is 7.11 Å². The van der Waals surface area contributed by atoms with Crippen molar-refractivity contribution in [3.05, 3.63) is 66.2 Å². The number of hydrogen-bond acceptors (Lipinski definition) is 4.